The van der Waals surface area contributed by atoms with Gasteiger partial charge in [-0.15, -0.1) is 0 Å². The van der Waals surface area contributed by atoms with Crippen LogP contribution in [0.1, 0.15) is 39.0 Å². The Kier molecular flexibility index (Phi) is 5.52. The number of carbonyl (C=O) groups is 3. The largest absolute Gasteiger partial charge is 0.464 e. The van der Waals surface area contributed by atoms with E-state index in [-0.39, 0.29) is 23.8 Å². The topological polar surface area (TPSA) is 93.5 Å². The number of imidazole rings is 1. The molecular weight excluding hydrogens is 408 g/mol. The van der Waals surface area contributed by atoms with Crippen LogP contribution < -0.4 is 10.2 Å². The Labute approximate surface area is 185 Å². The molecule has 0 unspecified atom stereocenters. The Hall–Kier alpha value is -3.94. The molecule has 8 heteroatoms. The lowest BCUT2D eigenvalue weighted by molar-refractivity contribution is -0.126. The van der Waals surface area contributed by atoms with Crippen molar-refractivity contribution >= 4 is 23.5 Å². The van der Waals surface area contributed by atoms with Crippen molar-refractivity contribution in [2.45, 2.75) is 32.5 Å². The number of carbonyl (C=O) groups excluding carboxylic acids is 3. The SMILES string of the molecule is COC(=O)c1ncn2c1C(=O)N(c1ccccc1C)[C@](C)(C(=O)NCc1ccccc1)C2. The molecule has 3 aromatic rings. The molecule has 1 aliphatic heterocycles. The molecule has 0 saturated heterocycles. The van der Waals surface area contributed by atoms with Gasteiger partial charge in [-0.3, -0.25) is 14.5 Å². The summed E-state index contributed by atoms with van der Waals surface area (Å²) in [5.74, 6) is -1.49. The number of hydrogen-bond acceptors (Lipinski definition) is 5. The number of benzene rings is 2. The van der Waals surface area contributed by atoms with Gasteiger partial charge in [0.25, 0.3) is 5.91 Å². The van der Waals surface area contributed by atoms with Crippen LogP contribution in [0.25, 0.3) is 0 Å². The van der Waals surface area contributed by atoms with E-state index in [1.807, 2.05) is 55.5 Å². The zero-order valence-electron chi connectivity index (χ0n) is 18.2. The standard InChI is InChI=1S/C24H24N4O4/c1-16-9-7-8-12-18(16)28-21(29)20-19(22(30)32-3)26-15-27(20)14-24(28,2)23(31)25-13-17-10-5-4-6-11-17/h4-12,15H,13-14H2,1-3H3,(H,25,31)/t24-/m0/s1. The molecule has 0 bridgehead atoms. The molecule has 164 valence electrons. The van der Waals surface area contributed by atoms with Crippen molar-refractivity contribution in [1.82, 2.24) is 14.9 Å². The van der Waals surface area contributed by atoms with Crippen LogP contribution in [0.4, 0.5) is 5.69 Å². The molecule has 1 atom stereocenters. The van der Waals surface area contributed by atoms with Crippen molar-refractivity contribution < 1.29 is 19.1 Å². The van der Waals surface area contributed by atoms with Gasteiger partial charge < -0.3 is 14.6 Å². The summed E-state index contributed by atoms with van der Waals surface area (Å²) in [7, 11) is 1.24. The van der Waals surface area contributed by atoms with E-state index in [2.05, 4.69) is 10.3 Å². The number of para-hydroxylation sites is 1. The first-order chi connectivity index (χ1) is 15.4. The highest BCUT2D eigenvalue weighted by Gasteiger charge is 2.50. The smallest absolute Gasteiger partial charge is 0.359 e. The number of nitrogens with zero attached hydrogens (tertiary/aromatic N) is 3. The van der Waals surface area contributed by atoms with E-state index in [1.54, 1.807) is 17.6 Å². The van der Waals surface area contributed by atoms with E-state index in [9.17, 15) is 14.4 Å². The third-order valence-corrected chi connectivity index (χ3v) is 5.74. The van der Waals surface area contributed by atoms with E-state index in [1.165, 1.54) is 18.3 Å². The van der Waals surface area contributed by atoms with Gasteiger partial charge in [-0.25, -0.2) is 9.78 Å². The van der Waals surface area contributed by atoms with E-state index in [0.29, 0.717) is 12.2 Å². The Bertz CT molecular complexity index is 1190. The summed E-state index contributed by atoms with van der Waals surface area (Å²) < 4.78 is 6.34. The first-order valence-electron chi connectivity index (χ1n) is 10.2. The third kappa shape index (κ3) is 3.53. The quantitative estimate of drug-likeness (QED) is 0.626. The molecule has 32 heavy (non-hydrogen) atoms. The summed E-state index contributed by atoms with van der Waals surface area (Å²) in [6.45, 7) is 4.05. The average molecular weight is 432 g/mol. The van der Waals surface area contributed by atoms with Crippen LogP contribution in [0.3, 0.4) is 0 Å². The van der Waals surface area contributed by atoms with E-state index in [4.69, 9.17) is 4.74 Å². The second-order valence-corrected chi connectivity index (χ2v) is 7.93. The van der Waals surface area contributed by atoms with Crippen molar-refractivity contribution in [1.29, 1.82) is 0 Å². The first-order valence-corrected chi connectivity index (χ1v) is 10.2. The fraction of sp³-hybridized carbons (Fsp3) is 0.250. The molecule has 2 aromatic carbocycles. The van der Waals surface area contributed by atoms with Gasteiger partial charge in [0, 0.05) is 12.2 Å². The van der Waals surface area contributed by atoms with Gasteiger partial charge in [0.2, 0.25) is 5.91 Å². The predicted octanol–water partition coefficient (Wildman–Crippen LogP) is 2.71. The van der Waals surface area contributed by atoms with Crippen LogP contribution in [0.2, 0.25) is 0 Å². The number of esters is 1. The van der Waals surface area contributed by atoms with Gasteiger partial charge in [0.05, 0.1) is 20.0 Å². The molecule has 8 nitrogen and oxygen atoms in total. The fourth-order valence-electron chi connectivity index (χ4n) is 4.04. The summed E-state index contributed by atoms with van der Waals surface area (Å²) >= 11 is 0. The summed E-state index contributed by atoms with van der Waals surface area (Å²) in [5.41, 5.74) is 1.16. The van der Waals surface area contributed by atoms with Crippen LogP contribution in [0.5, 0.6) is 0 Å². The number of aryl methyl sites for hydroxylation is 1. The van der Waals surface area contributed by atoms with Crippen LogP contribution >= 0.6 is 0 Å². The van der Waals surface area contributed by atoms with Crippen molar-refractivity contribution in [3.8, 4) is 0 Å². The maximum absolute atomic E-state index is 13.7. The van der Waals surface area contributed by atoms with E-state index in [0.717, 1.165) is 11.1 Å². The van der Waals surface area contributed by atoms with Crippen molar-refractivity contribution in [2.24, 2.45) is 0 Å². The number of amides is 2. The lowest BCUT2D eigenvalue weighted by Crippen LogP contribution is -2.64. The third-order valence-electron chi connectivity index (χ3n) is 5.74. The van der Waals surface area contributed by atoms with Crippen LogP contribution in [0, 0.1) is 6.92 Å². The molecule has 0 radical (unpaired) electrons. The Balaban J connectivity index is 1.78. The van der Waals surface area contributed by atoms with Crippen molar-refractivity contribution in [3.63, 3.8) is 0 Å². The molecule has 2 heterocycles. The Morgan fingerprint density at radius 1 is 1.12 bits per heavy atom. The highest BCUT2D eigenvalue weighted by atomic mass is 16.5. The molecule has 0 aliphatic carbocycles. The predicted molar refractivity (Wildman–Crippen MR) is 118 cm³/mol. The molecule has 0 fully saturated rings. The minimum Gasteiger partial charge on any atom is -0.464 e. The van der Waals surface area contributed by atoms with Crippen molar-refractivity contribution in [2.75, 3.05) is 12.0 Å². The van der Waals surface area contributed by atoms with E-state index < -0.39 is 17.4 Å². The summed E-state index contributed by atoms with van der Waals surface area (Å²) in [5, 5.41) is 2.96. The lowest BCUT2D eigenvalue weighted by Gasteiger charge is -2.44. The van der Waals surface area contributed by atoms with Gasteiger partial charge in [0.15, 0.2) is 5.69 Å². The highest BCUT2D eigenvalue weighted by molar-refractivity contribution is 6.15. The number of fused-ring (bicyclic) bond motifs is 1. The second-order valence-electron chi connectivity index (χ2n) is 7.93. The molecular formula is C24H24N4O4. The van der Waals surface area contributed by atoms with Gasteiger partial charge in [0.1, 0.15) is 11.2 Å². The zero-order valence-corrected chi connectivity index (χ0v) is 18.2. The number of anilines is 1. The number of rotatable bonds is 5. The normalized spacial score (nSPS) is 17.6. The van der Waals surface area contributed by atoms with E-state index >= 15 is 0 Å². The van der Waals surface area contributed by atoms with Crippen molar-refractivity contribution in [3.05, 3.63) is 83.4 Å². The van der Waals surface area contributed by atoms with Crippen LogP contribution in [-0.4, -0.2) is 40.0 Å². The monoisotopic (exact) mass is 432 g/mol. The minimum absolute atomic E-state index is 0.0668. The molecule has 2 amide bonds. The Morgan fingerprint density at radius 2 is 1.81 bits per heavy atom. The molecule has 0 spiro atoms. The molecule has 1 aliphatic rings. The number of ether oxygens (including phenoxy) is 1. The minimum atomic E-state index is -1.25. The molecule has 1 N–H and O–H groups in total. The second kappa shape index (κ2) is 8.30. The van der Waals surface area contributed by atoms with Gasteiger partial charge in [-0.05, 0) is 31.0 Å². The lowest BCUT2D eigenvalue weighted by atomic mass is 9.92. The van der Waals surface area contributed by atoms with Crippen LogP contribution in [-0.2, 0) is 22.6 Å². The summed E-state index contributed by atoms with van der Waals surface area (Å²) in [6, 6.07) is 16.9. The average Bonchev–Trinajstić information content (AvgIpc) is 3.22. The maximum Gasteiger partial charge on any atom is 0.359 e. The summed E-state index contributed by atoms with van der Waals surface area (Å²) in [4.78, 5) is 45.0. The number of nitrogens with one attached hydrogen (secondary N) is 1. The number of methoxy groups -OCH3 is 1. The molecule has 1 aromatic heterocycles. The van der Waals surface area contributed by atoms with Gasteiger partial charge in [-0.1, -0.05) is 48.5 Å². The van der Waals surface area contributed by atoms with Crippen LogP contribution in [0.15, 0.2) is 60.9 Å². The number of hydrogen-bond donors (Lipinski definition) is 1. The molecule has 4 rings (SSSR count). The highest BCUT2D eigenvalue weighted by Crippen LogP contribution is 2.35. The first kappa shape index (κ1) is 21.3. The number of aromatic nitrogens is 2. The van der Waals surface area contributed by atoms with Gasteiger partial charge in [-0.2, -0.15) is 0 Å². The maximum atomic E-state index is 13.7. The fourth-order valence-corrected chi connectivity index (χ4v) is 4.04. The zero-order chi connectivity index (χ0) is 22.9. The van der Waals surface area contributed by atoms with Gasteiger partial charge >= 0.3 is 5.97 Å². The molecule has 0 saturated carbocycles. The summed E-state index contributed by atoms with van der Waals surface area (Å²) in [6.07, 6.45) is 1.40. The Morgan fingerprint density at radius 3 is 2.50 bits per heavy atom.